The van der Waals surface area contributed by atoms with E-state index in [-0.39, 0.29) is 11.9 Å². The number of rotatable bonds is 5. The fourth-order valence-corrected chi connectivity index (χ4v) is 2.74. The van der Waals surface area contributed by atoms with E-state index < -0.39 is 0 Å². The molecule has 1 aromatic heterocycles. The molecule has 6 heteroatoms. The van der Waals surface area contributed by atoms with Gasteiger partial charge in [0, 0.05) is 24.8 Å². The summed E-state index contributed by atoms with van der Waals surface area (Å²) in [5.41, 5.74) is 9.06. The van der Waals surface area contributed by atoms with Gasteiger partial charge < -0.3 is 5.32 Å². The van der Waals surface area contributed by atoms with Crippen LogP contribution >= 0.6 is 0 Å². The first-order valence-corrected chi connectivity index (χ1v) is 8.05. The van der Waals surface area contributed by atoms with Gasteiger partial charge in [-0.05, 0) is 24.5 Å². The number of benzene rings is 1. The molecule has 1 amide bonds. The van der Waals surface area contributed by atoms with E-state index >= 15 is 0 Å². The summed E-state index contributed by atoms with van der Waals surface area (Å²) in [7, 11) is 0. The van der Waals surface area contributed by atoms with Crippen molar-refractivity contribution in [1.29, 1.82) is 0 Å². The molecule has 3 rings (SSSR count). The van der Waals surface area contributed by atoms with Crippen LogP contribution in [0.25, 0.3) is 5.69 Å². The van der Waals surface area contributed by atoms with Gasteiger partial charge in [-0.15, -0.1) is 0 Å². The smallest absolute Gasteiger partial charge is 0.238 e. The van der Waals surface area contributed by atoms with E-state index in [4.69, 9.17) is 5.10 Å². The fraction of sp³-hybridized carbons (Fsp3) is 0.412. The minimum atomic E-state index is -0.151. The van der Waals surface area contributed by atoms with Crippen LogP contribution in [0.4, 0.5) is 0 Å². The number of amides is 1. The average molecular weight is 313 g/mol. The van der Waals surface area contributed by atoms with Crippen molar-refractivity contribution in [2.75, 3.05) is 6.54 Å². The summed E-state index contributed by atoms with van der Waals surface area (Å²) < 4.78 is 1.88. The van der Waals surface area contributed by atoms with Gasteiger partial charge in [-0.25, -0.2) is 10.1 Å². The molecule has 1 atom stereocenters. The van der Waals surface area contributed by atoms with Gasteiger partial charge in [0.15, 0.2) is 0 Å². The number of para-hydroxylation sites is 1. The lowest BCUT2D eigenvalue weighted by Crippen LogP contribution is -2.42. The van der Waals surface area contributed by atoms with Gasteiger partial charge in [0.1, 0.15) is 6.04 Å². The van der Waals surface area contributed by atoms with Gasteiger partial charge in [-0.1, -0.05) is 32.0 Å². The molecule has 0 radical (unpaired) electrons. The Morgan fingerprint density at radius 1 is 1.39 bits per heavy atom. The zero-order chi connectivity index (χ0) is 16.2. The van der Waals surface area contributed by atoms with Crippen molar-refractivity contribution < 1.29 is 4.79 Å². The molecular formula is C17H23N5O. The number of hydrazine groups is 1. The molecule has 1 aromatic carbocycles. The van der Waals surface area contributed by atoms with E-state index in [1.54, 1.807) is 0 Å². The van der Waals surface area contributed by atoms with Crippen molar-refractivity contribution in [1.82, 2.24) is 25.9 Å². The van der Waals surface area contributed by atoms with Crippen molar-refractivity contribution in [2.24, 2.45) is 0 Å². The van der Waals surface area contributed by atoms with Gasteiger partial charge >= 0.3 is 0 Å². The molecule has 0 bridgehead atoms. The van der Waals surface area contributed by atoms with Crippen LogP contribution in [0.3, 0.4) is 0 Å². The second kappa shape index (κ2) is 6.93. The first-order chi connectivity index (χ1) is 11.1. The topological polar surface area (TPSA) is 71.0 Å². The Labute approximate surface area is 136 Å². The highest BCUT2D eigenvalue weighted by Gasteiger charge is 2.22. The Balaban J connectivity index is 1.75. The lowest BCUT2D eigenvalue weighted by atomic mass is 10.1. The van der Waals surface area contributed by atoms with Crippen molar-refractivity contribution >= 4 is 5.91 Å². The Kier molecular flexibility index (Phi) is 4.73. The van der Waals surface area contributed by atoms with Crippen LogP contribution in [0.2, 0.25) is 0 Å². The quantitative estimate of drug-likeness (QED) is 0.782. The van der Waals surface area contributed by atoms with Gasteiger partial charge in [-0.2, -0.15) is 5.10 Å². The minimum absolute atomic E-state index is 0.0252. The van der Waals surface area contributed by atoms with Crippen LogP contribution in [0, 0.1) is 0 Å². The predicted octanol–water partition coefficient (Wildman–Crippen LogP) is 1.48. The van der Waals surface area contributed by atoms with Crippen molar-refractivity contribution in [2.45, 2.75) is 38.8 Å². The van der Waals surface area contributed by atoms with E-state index in [0.29, 0.717) is 12.5 Å². The SMILES string of the molecule is CC(C)c1nn(-c2ccccc2)cc1CNC(=O)C1CCNN1. The molecular weight excluding hydrogens is 290 g/mol. The molecule has 1 fully saturated rings. The third-order valence-corrected chi connectivity index (χ3v) is 3.99. The van der Waals surface area contributed by atoms with E-state index in [1.807, 2.05) is 41.2 Å². The number of carbonyl (C=O) groups excluding carboxylic acids is 1. The van der Waals surface area contributed by atoms with Crippen molar-refractivity contribution in [3.05, 3.63) is 47.8 Å². The summed E-state index contributed by atoms with van der Waals surface area (Å²) in [6.07, 6.45) is 2.82. The maximum Gasteiger partial charge on any atom is 0.238 e. The highest BCUT2D eigenvalue weighted by Crippen LogP contribution is 2.20. The highest BCUT2D eigenvalue weighted by atomic mass is 16.2. The number of hydrogen-bond donors (Lipinski definition) is 3. The third-order valence-electron chi connectivity index (χ3n) is 3.99. The molecule has 23 heavy (non-hydrogen) atoms. The molecule has 122 valence electrons. The summed E-state index contributed by atoms with van der Waals surface area (Å²) in [6, 6.07) is 9.86. The fourth-order valence-electron chi connectivity index (χ4n) is 2.74. The second-order valence-corrected chi connectivity index (χ2v) is 6.10. The Bertz CT molecular complexity index is 659. The molecule has 0 aliphatic carbocycles. The average Bonchev–Trinajstić information content (AvgIpc) is 3.23. The first kappa shape index (κ1) is 15.7. The minimum Gasteiger partial charge on any atom is -0.350 e. The Morgan fingerprint density at radius 2 is 2.17 bits per heavy atom. The third kappa shape index (κ3) is 3.60. The first-order valence-electron chi connectivity index (χ1n) is 8.05. The summed E-state index contributed by atoms with van der Waals surface area (Å²) in [6.45, 7) is 5.55. The molecule has 2 heterocycles. The lowest BCUT2D eigenvalue weighted by Gasteiger charge is -2.11. The second-order valence-electron chi connectivity index (χ2n) is 6.10. The van der Waals surface area contributed by atoms with Crippen LogP contribution in [0.1, 0.15) is 37.4 Å². The highest BCUT2D eigenvalue weighted by molar-refractivity contribution is 5.81. The van der Waals surface area contributed by atoms with Gasteiger partial charge in [0.2, 0.25) is 5.91 Å². The van der Waals surface area contributed by atoms with Gasteiger partial charge in [0.25, 0.3) is 0 Å². The summed E-state index contributed by atoms with van der Waals surface area (Å²) >= 11 is 0. The number of aromatic nitrogens is 2. The van der Waals surface area contributed by atoms with Crippen molar-refractivity contribution in [3.8, 4) is 5.69 Å². The maximum atomic E-state index is 12.1. The van der Waals surface area contributed by atoms with Gasteiger partial charge in [-0.3, -0.25) is 10.2 Å². The number of carbonyl (C=O) groups is 1. The molecule has 2 aromatic rings. The molecule has 1 aliphatic rings. The van der Waals surface area contributed by atoms with E-state index in [2.05, 4.69) is 30.0 Å². The van der Waals surface area contributed by atoms with Gasteiger partial charge in [0.05, 0.1) is 11.4 Å². The molecule has 0 spiro atoms. The standard InChI is InChI=1S/C17H23N5O/c1-12(2)16-13(10-18-17(23)15-8-9-19-20-15)11-22(21-16)14-6-4-3-5-7-14/h3-7,11-12,15,19-20H,8-10H2,1-2H3,(H,18,23). The normalized spacial score (nSPS) is 17.6. The molecule has 0 saturated carbocycles. The summed E-state index contributed by atoms with van der Waals surface area (Å²) in [4.78, 5) is 12.1. The van der Waals surface area contributed by atoms with Crippen LogP contribution in [0.5, 0.6) is 0 Å². The number of hydrogen-bond acceptors (Lipinski definition) is 4. The molecule has 3 N–H and O–H groups in total. The van der Waals surface area contributed by atoms with E-state index in [1.165, 1.54) is 0 Å². The Morgan fingerprint density at radius 3 is 2.83 bits per heavy atom. The van der Waals surface area contributed by atoms with Crippen LogP contribution in [-0.2, 0) is 11.3 Å². The van der Waals surface area contributed by atoms with E-state index in [0.717, 1.165) is 29.9 Å². The van der Waals surface area contributed by atoms with E-state index in [9.17, 15) is 4.79 Å². The maximum absolute atomic E-state index is 12.1. The molecule has 1 unspecified atom stereocenters. The summed E-state index contributed by atoms with van der Waals surface area (Å²) in [5, 5.41) is 7.70. The number of nitrogens with zero attached hydrogens (tertiary/aromatic N) is 2. The molecule has 6 nitrogen and oxygen atoms in total. The van der Waals surface area contributed by atoms with Crippen molar-refractivity contribution in [3.63, 3.8) is 0 Å². The molecule has 1 saturated heterocycles. The van der Waals surface area contributed by atoms with Crippen LogP contribution < -0.4 is 16.2 Å². The monoisotopic (exact) mass is 313 g/mol. The largest absolute Gasteiger partial charge is 0.350 e. The predicted molar refractivity (Wildman–Crippen MR) is 89.0 cm³/mol. The van der Waals surface area contributed by atoms with Crippen LogP contribution in [0.15, 0.2) is 36.5 Å². The summed E-state index contributed by atoms with van der Waals surface area (Å²) in [5.74, 6) is 0.329. The van der Waals surface area contributed by atoms with Crippen LogP contribution in [-0.4, -0.2) is 28.3 Å². The Hall–Kier alpha value is -2.18. The molecule has 1 aliphatic heterocycles. The zero-order valence-corrected chi connectivity index (χ0v) is 13.5. The lowest BCUT2D eigenvalue weighted by molar-refractivity contribution is -0.123. The zero-order valence-electron chi connectivity index (χ0n) is 13.5. The number of nitrogens with one attached hydrogen (secondary N) is 3.